The van der Waals surface area contributed by atoms with Crippen molar-refractivity contribution in [1.29, 1.82) is 0 Å². The molecular weight excluding hydrogens is 186 g/mol. The molecule has 2 aliphatic heterocycles. The van der Waals surface area contributed by atoms with Gasteiger partial charge >= 0.3 is 0 Å². The maximum Gasteiger partial charge on any atom is 0.0720 e. The van der Waals surface area contributed by atoms with Gasteiger partial charge in [0.2, 0.25) is 0 Å². The average molecular weight is 203 g/mol. The molecule has 80 valence electrons. The van der Waals surface area contributed by atoms with Crippen LogP contribution >= 0.6 is 0 Å². The molecule has 0 radical (unpaired) electrons. The van der Waals surface area contributed by atoms with E-state index in [4.69, 9.17) is 4.74 Å². The second kappa shape index (κ2) is 3.95. The fourth-order valence-corrected chi connectivity index (χ4v) is 2.64. The van der Waals surface area contributed by atoms with Gasteiger partial charge < -0.3 is 10.1 Å². The third-order valence-electron chi connectivity index (χ3n) is 3.46. The van der Waals surface area contributed by atoms with E-state index < -0.39 is 0 Å². The van der Waals surface area contributed by atoms with Crippen molar-refractivity contribution >= 4 is 0 Å². The summed E-state index contributed by atoms with van der Waals surface area (Å²) in [6.45, 7) is 0.769. The fraction of sp³-hybridized carbons (Fsp3) is 0.538. The number of ether oxygens (including phenoxy) is 1. The molecule has 4 rings (SSSR count). The summed E-state index contributed by atoms with van der Waals surface area (Å²) < 4.78 is 5.93. The highest BCUT2D eigenvalue weighted by molar-refractivity contribution is 5.13. The molecule has 2 heterocycles. The van der Waals surface area contributed by atoms with Gasteiger partial charge in [0.15, 0.2) is 0 Å². The van der Waals surface area contributed by atoms with Crippen molar-refractivity contribution in [3.8, 4) is 0 Å². The van der Waals surface area contributed by atoms with Crippen molar-refractivity contribution in [2.24, 2.45) is 0 Å². The van der Waals surface area contributed by atoms with Gasteiger partial charge in [-0.05, 0) is 24.8 Å². The van der Waals surface area contributed by atoms with Gasteiger partial charge in [0.1, 0.15) is 0 Å². The molecule has 3 fully saturated rings. The first-order chi connectivity index (χ1) is 7.40. The molecule has 2 saturated heterocycles. The summed E-state index contributed by atoms with van der Waals surface area (Å²) in [6, 6.07) is 11.9. The second-order valence-corrected chi connectivity index (χ2v) is 4.69. The van der Waals surface area contributed by atoms with Crippen LogP contribution in [0.2, 0.25) is 0 Å². The Kier molecular flexibility index (Phi) is 2.47. The van der Waals surface area contributed by atoms with Crippen molar-refractivity contribution in [2.75, 3.05) is 0 Å². The molecule has 2 unspecified atom stereocenters. The molecule has 1 aromatic carbocycles. The lowest BCUT2D eigenvalue weighted by atomic mass is 9.81. The van der Waals surface area contributed by atoms with E-state index in [0.29, 0.717) is 6.10 Å². The molecule has 2 heteroatoms. The van der Waals surface area contributed by atoms with E-state index in [1.807, 2.05) is 6.07 Å². The Hall–Kier alpha value is -0.860. The highest BCUT2D eigenvalue weighted by Gasteiger charge is 2.37. The molecule has 0 spiro atoms. The minimum Gasteiger partial charge on any atom is -0.373 e. The molecule has 1 aliphatic carbocycles. The van der Waals surface area contributed by atoms with Crippen LogP contribution < -0.4 is 5.32 Å². The van der Waals surface area contributed by atoms with Crippen molar-refractivity contribution in [1.82, 2.24) is 5.32 Å². The minimum atomic E-state index is 0.482. The Balaban J connectivity index is 1.50. The lowest BCUT2D eigenvalue weighted by molar-refractivity contribution is -0.0305. The van der Waals surface area contributed by atoms with Gasteiger partial charge in [-0.1, -0.05) is 30.3 Å². The van der Waals surface area contributed by atoms with E-state index in [9.17, 15) is 0 Å². The molecule has 0 amide bonds. The van der Waals surface area contributed by atoms with Crippen LogP contribution in [0.15, 0.2) is 30.3 Å². The van der Waals surface area contributed by atoms with Crippen LogP contribution in [0.5, 0.6) is 0 Å². The van der Waals surface area contributed by atoms with Gasteiger partial charge in [0.25, 0.3) is 0 Å². The van der Waals surface area contributed by atoms with Gasteiger partial charge in [0.05, 0.1) is 12.7 Å². The van der Waals surface area contributed by atoms with E-state index in [-0.39, 0.29) is 0 Å². The summed E-state index contributed by atoms with van der Waals surface area (Å²) in [5, 5.41) is 3.53. The maximum atomic E-state index is 5.93. The van der Waals surface area contributed by atoms with Gasteiger partial charge in [-0.25, -0.2) is 0 Å². The molecular formula is C13H17NO. The zero-order chi connectivity index (χ0) is 10.1. The first-order valence-electron chi connectivity index (χ1n) is 5.82. The summed E-state index contributed by atoms with van der Waals surface area (Å²) >= 11 is 0. The van der Waals surface area contributed by atoms with Crippen molar-refractivity contribution in [3.63, 3.8) is 0 Å². The van der Waals surface area contributed by atoms with E-state index in [2.05, 4.69) is 29.6 Å². The number of piperidine rings is 1. The van der Waals surface area contributed by atoms with Crippen LogP contribution in [-0.4, -0.2) is 18.2 Å². The summed E-state index contributed by atoms with van der Waals surface area (Å²) in [6.07, 6.45) is 4.24. The van der Waals surface area contributed by atoms with Crippen LogP contribution in [-0.2, 0) is 11.3 Å². The van der Waals surface area contributed by atoms with E-state index >= 15 is 0 Å². The number of rotatable bonds is 3. The quantitative estimate of drug-likeness (QED) is 0.812. The number of benzene rings is 1. The normalized spacial score (nSPS) is 33.5. The zero-order valence-corrected chi connectivity index (χ0v) is 8.86. The number of nitrogens with one attached hydrogen (secondary N) is 1. The average Bonchev–Trinajstić information content (AvgIpc) is 2.27. The first kappa shape index (κ1) is 9.37. The van der Waals surface area contributed by atoms with E-state index in [1.165, 1.54) is 24.8 Å². The highest BCUT2D eigenvalue weighted by atomic mass is 16.5. The molecule has 2 nitrogen and oxygen atoms in total. The van der Waals surface area contributed by atoms with Crippen LogP contribution in [0.4, 0.5) is 0 Å². The van der Waals surface area contributed by atoms with Gasteiger partial charge in [-0.15, -0.1) is 0 Å². The van der Waals surface area contributed by atoms with Gasteiger partial charge in [0, 0.05) is 12.1 Å². The van der Waals surface area contributed by atoms with Crippen molar-refractivity contribution in [3.05, 3.63) is 35.9 Å². The van der Waals surface area contributed by atoms with E-state index in [1.54, 1.807) is 0 Å². The standard InChI is InChI=1S/C13H17NO/c1-2-4-10(5-3-1)9-15-13-7-11-6-12(8-13)14-11/h1-5,11-14H,6-9H2. The third-order valence-corrected chi connectivity index (χ3v) is 3.46. The van der Waals surface area contributed by atoms with Crippen LogP contribution in [0.3, 0.4) is 0 Å². The maximum absolute atomic E-state index is 5.93. The van der Waals surface area contributed by atoms with Crippen LogP contribution in [0, 0.1) is 0 Å². The molecule has 1 N–H and O–H groups in total. The number of hydrogen-bond donors (Lipinski definition) is 1. The molecule has 2 atom stereocenters. The monoisotopic (exact) mass is 203 g/mol. The summed E-state index contributed by atoms with van der Waals surface area (Å²) in [7, 11) is 0. The Bertz CT molecular complexity index is 309. The predicted molar refractivity (Wildman–Crippen MR) is 59.6 cm³/mol. The summed E-state index contributed by atoms with van der Waals surface area (Å²) in [4.78, 5) is 0. The molecule has 15 heavy (non-hydrogen) atoms. The van der Waals surface area contributed by atoms with Crippen molar-refractivity contribution < 1.29 is 4.74 Å². The largest absolute Gasteiger partial charge is 0.373 e. The lowest BCUT2D eigenvalue weighted by Crippen LogP contribution is -2.59. The Labute approximate surface area is 90.6 Å². The first-order valence-corrected chi connectivity index (χ1v) is 5.82. The summed E-state index contributed by atoms with van der Waals surface area (Å²) in [5.74, 6) is 0. The van der Waals surface area contributed by atoms with Gasteiger partial charge in [-0.2, -0.15) is 0 Å². The van der Waals surface area contributed by atoms with E-state index in [0.717, 1.165) is 18.7 Å². The Morgan fingerprint density at radius 1 is 1.07 bits per heavy atom. The third kappa shape index (κ3) is 2.06. The fourth-order valence-electron chi connectivity index (χ4n) is 2.64. The molecule has 2 bridgehead atoms. The minimum absolute atomic E-state index is 0.482. The number of hydrogen-bond acceptors (Lipinski definition) is 2. The highest BCUT2D eigenvalue weighted by Crippen LogP contribution is 2.30. The second-order valence-electron chi connectivity index (χ2n) is 4.69. The van der Waals surface area contributed by atoms with Crippen LogP contribution in [0.1, 0.15) is 24.8 Å². The lowest BCUT2D eigenvalue weighted by Gasteiger charge is -2.46. The topological polar surface area (TPSA) is 21.3 Å². The molecule has 1 aromatic rings. The summed E-state index contributed by atoms with van der Waals surface area (Å²) in [5.41, 5.74) is 1.28. The zero-order valence-electron chi connectivity index (χ0n) is 8.86. The Morgan fingerprint density at radius 3 is 2.40 bits per heavy atom. The molecule has 1 saturated carbocycles. The van der Waals surface area contributed by atoms with Crippen molar-refractivity contribution in [2.45, 2.75) is 44.1 Å². The SMILES string of the molecule is c1ccc(COC2CC3CC(C2)N3)cc1. The predicted octanol–water partition coefficient (Wildman–Crippen LogP) is 2.10. The number of fused-ring (bicyclic) bond motifs is 2. The molecule has 3 aliphatic rings. The smallest absolute Gasteiger partial charge is 0.0720 e. The van der Waals surface area contributed by atoms with Gasteiger partial charge in [-0.3, -0.25) is 0 Å². The van der Waals surface area contributed by atoms with Crippen LogP contribution in [0.25, 0.3) is 0 Å². The Morgan fingerprint density at radius 2 is 1.73 bits per heavy atom. The molecule has 0 aromatic heterocycles.